The molecule has 0 spiro atoms. The van der Waals surface area contributed by atoms with Gasteiger partial charge in [-0.15, -0.1) is 0 Å². The molecule has 0 atom stereocenters. The molecule has 0 saturated carbocycles. The first-order chi connectivity index (χ1) is 11.5. The Labute approximate surface area is 145 Å². The third-order valence-electron chi connectivity index (χ3n) is 3.21. The SMILES string of the molecule is CCOC(=O)c1cccnc1SCC(=O)N(C)Cc1ccc(C)o1. The minimum absolute atomic E-state index is 0.0745. The average Bonchev–Trinajstić information content (AvgIpc) is 2.98. The van der Waals surface area contributed by atoms with Crippen molar-refractivity contribution in [3.8, 4) is 0 Å². The molecule has 6 nitrogen and oxygen atoms in total. The fraction of sp³-hybridized carbons (Fsp3) is 0.353. The van der Waals surface area contributed by atoms with Gasteiger partial charge in [-0.25, -0.2) is 9.78 Å². The van der Waals surface area contributed by atoms with Crippen molar-refractivity contribution in [2.24, 2.45) is 0 Å². The van der Waals surface area contributed by atoms with Crippen LogP contribution in [0.3, 0.4) is 0 Å². The maximum Gasteiger partial charge on any atom is 0.340 e. The first-order valence-electron chi connectivity index (χ1n) is 7.55. The Morgan fingerprint density at radius 3 is 2.79 bits per heavy atom. The number of rotatable bonds is 7. The van der Waals surface area contributed by atoms with Gasteiger partial charge in [0, 0.05) is 13.2 Å². The van der Waals surface area contributed by atoms with E-state index in [4.69, 9.17) is 9.15 Å². The van der Waals surface area contributed by atoms with Crippen molar-refractivity contribution in [1.82, 2.24) is 9.88 Å². The molecule has 2 rings (SSSR count). The summed E-state index contributed by atoms with van der Waals surface area (Å²) >= 11 is 1.22. The van der Waals surface area contributed by atoms with Crippen molar-refractivity contribution in [1.29, 1.82) is 0 Å². The number of amides is 1. The van der Waals surface area contributed by atoms with Gasteiger partial charge in [0.15, 0.2) is 0 Å². The molecule has 0 unspecified atom stereocenters. The van der Waals surface area contributed by atoms with Crippen LogP contribution in [-0.4, -0.2) is 41.2 Å². The van der Waals surface area contributed by atoms with Gasteiger partial charge in [-0.2, -0.15) is 0 Å². The van der Waals surface area contributed by atoms with Crippen molar-refractivity contribution in [2.75, 3.05) is 19.4 Å². The largest absolute Gasteiger partial charge is 0.464 e. The van der Waals surface area contributed by atoms with E-state index >= 15 is 0 Å². The molecule has 0 N–H and O–H groups in total. The Kier molecular flexibility index (Phi) is 6.43. The topological polar surface area (TPSA) is 72.6 Å². The van der Waals surface area contributed by atoms with Gasteiger partial charge in [-0.1, -0.05) is 11.8 Å². The molecule has 128 valence electrons. The van der Waals surface area contributed by atoms with Crippen LogP contribution < -0.4 is 0 Å². The summed E-state index contributed by atoms with van der Waals surface area (Å²) in [7, 11) is 1.71. The summed E-state index contributed by atoms with van der Waals surface area (Å²) in [6.07, 6.45) is 1.59. The first kappa shape index (κ1) is 18.1. The third kappa shape index (κ3) is 4.86. The van der Waals surface area contributed by atoms with E-state index in [0.29, 0.717) is 23.7 Å². The van der Waals surface area contributed by atoms with E-state index in [1.54, 1.807) is 37.2 Å². The molecule has 2 aromatic rings. The van der Waals surface area contributed by atoms with Crippen molar-refractivity contribution in [3.05, 3.63) is 47.5 Å². The van der Waals surface area contributed by atoms with Crippen LogP contribution in [0, 0.1) is 6.92 Å². The van der Waals surface area contributed by atoms with E-state index in [1.807, 2.05) is 19.1 Å². The number of carbonyl (C=O) groups excluding carboxylic acids is 2. The second-order valence-corrected chi connectivity index (χ2v) is 6.09. The summed E-state index contributed by atoms with van der Waals surface area (Å²) in [5.41, 5.74) is 0.376. The smallest absolute Gasteiger partial charge is 0.340 e. The van der Waals surface area contributed by atoms with E-state index in [9.17, 15) is 9.59 Å². The number of ether oxygens (including phenoxy) is 1. The van der Waals surface area contributed by atoms with Crippen LogP contribution in [0.4, 0.5) is 0 Å². The highest BCUT2D eigenvalue weighted by molar-refractivity contribution is 8.00. The maximum atomic E-state index is 12.3. The summed E-state index contributed by atoms with van der Waals surface area (Å²) in [5, 5.41) is 0.492. The van der Waals surface area contributed by atoms with Crippen LogP contribution in [0.2, 0.25) is 0 Å². The molecule has 0 aromatic carbocycles. The van der Waals surface area contributed by atoms with Crippen molar-refractivity contribution < 1.29 is 18.7 Å². The summed E-state index contributed by atoms with van der Waals surface area (Å²) < 4.78 is 10.5. The number of hydrogen-bond donors (Lipinski definition) is 0. The zero-order valence-electron chi connectivity index (χ0n) is 13.9. The van der Waals surface area contributed by atoms with Crippen LogP contribution in [0.1, 0.15) is 28.8 Å². The number of hydrogen-bond acceptors (Lipinski definition) is 6. The molecule has 2 aromatic heterocycles. The summed E-state index contributed by atoms with van der Waals surface area (Å²) in [6.45, 7) is 4.30. The van der Waals surface area contributed by atoms with Crippen LogP contribution in [0.15, 0.2) is 39.9 Å². The predicted octanol–water partition coefficient (Wildman–Crippen LogP) is 2.91. The molecule has 0 aliphatic heterocycles. The highest BCUT2D eigenvalue weighted by atomic mass is 32.2. The number of aryl methyl sites for hydroxylation is 1. The third-order valence-corrected chi connectivity index (χ3v) is 4.20. The second kappa shape index (κ2) is 8.54. The van der Waals surface area contributed by atoms with Gasteiger partial charge in [0.25, 0.3) is 0 Å². The van der Waals surface area contributed by atoms with Gasteiger partial charge in [-0.05, 0) is 38.1 Å². The molecule has 0 fully saturated rings. The fourth-order valence-electron chi connectivity index (χ4n) is 2.00. The van der Waals surface area contributed by atoms with Crippen LogP contribution in [-0.2, 0) is 16.1 Å². The Balaban J connectivity index is 1.95. The molecule has 0 bridgehead atoms. The minimum atomic E-state index is -0.431. The highest BCUT2D eigenvalue weighted by Crippen LogP contribution is 2.21. The van der Waals surface area contributed by atoms with Crippen LogP contribution >= 0.6 is 11.8 Å². The maximum absolute atomic E-state index is 12.3. The van der Waals surface area contributed by atoms with E-state index in [0.717, 1.165) is 11.5 Å². The lowest BCUT2D eigenvalue weighted by atomic mass is 10.3. The van der Waals surface area contributed by atoms with Crippen LogP contribution in [0.25, 0.3) is 0 Å². The number of aromatic nitrogens is 1. The second-order valence-electron chi connectivity index (χ2n) is 5.13. The van der Waals surface area contributed by atoms with Gasteiger partial charge < -0.3 is 14.1 Å². The van der Waals surface area contributed by atoms with Gasteiger partial charge >= 0.3 is 5.97 Å². The lowest BCUT2D eigenvalue weighted by Gasteiger charge is -2.15. The zero-order valence-corrected chi connectivity index (χ0v) is 14.8. The Bertz CT molecular complexity index is 714. The molecular weight excluding hydrogens is 328 g/mol. The number of pyridine rings is 1. The lowest BCUT2D eigenvalue weighted by Crippen LogP contribution is -2.27. The van der Waals surface area contributed by atoms with E-state index in [1.165, 1.54) is 11.8 Å². The molecule has 0 saturated heterocycles. The first-order valence-corrected chi connectivity index (χ1v) is 8.54. The molecule has 0 radical (unpaired) electrons. The molecule has 2 heterocycles. The summed E-state index contributed by atoms with van der Waals surface area (Å²) in [4.78, 5) is 29.9. The van der Waals surface area contributed by atoms with Gasteiger partial charge in [0.05, 0.1) is 24.5 Å². The monoisotopic (exact) mass is 348 g/mol. The van der Waals surface area contributed by atoms with E-state index in [-0.39, 0.29) is 11.7 Å². The molecule has 1 amide bonds. The van der Waals surface area contributed by atoms with Gasteiger partial charge in [-0.3, -0.25) is 4.79 Å². The Morgan fingerprint density at radius 2 is 2.12 bits per heavy atom. The molecule has 24 heavy (non-hydrogen) atoms. The summed E-state index contributed by atoms with van der Waals surface area (Å²) in [5.74, 6) is 1.22. The van der Waals surface area contributed by atoms with Crippen molar-refractivity contribution >= 4 is 23.6 Å². The summed E-state index contributed by atoms with van der Waals surface area (Å²) in [6, 6.07) is 7.03. The zero-order chi connectivity index (χ0) is 17.5. The minimum Gasteiger partial charge on any atom is -0.464 e. The highest BCUT2D eigenvalue weighted by Gasteiger charge is 2.17. The predicted molar refractivity (Wildman–Crippen MR) is 90.8 cm³/mol. The van der Waals surface area contributed by atoms with Crippen molar-refractivity contribution in [2.45, 2.75) is 25.4 Å². The normalized spacial score (nSPS) is 10.5. The number of carbonyl (C=O) groups is 2. The molecule has 0 aliphatic carbocycles. The Morgan fingerprint density at radius 1 is 1.33 bits per heavy atom. The van der Waals surface area contributed by atoms with Crippen LogP contribution in [0.5, 0.6) is 0 Å². The molecular formula is C17H20N2O4S. The fourth-order valence-corrected chi connectivity index (χ4v) is 2.93. The van der Waals surface area contributed by atoms with Gasteiger partial charge in [0.1, 0.15) is 16.5 Å². The van der Waals surface area contributed by atoms with Crippen molar-refractivity contribution in [3.63, 3.8) is 0 Å². The van der Waals surface area contributed by atoms with E-state index in [2.05, 4.69) is 4.98 Å². The van der Waals surface area contributed by atoms with Gasteiger partial charge in [0.2, 0.25) is 5.91 Å². The number of thioether (sulfide) groups is 1. The molecule has 0 aliphatic rings. The molecule has 7 heteroatoms. The number of nitrogens with zero attached hydrogens (tertiary/aromatic N) is 2. The standard InChI is InChI=1S/C17H20N2O4S/c1-4-22-17(21)14-6-5-9-18-16(14)24-11-15(20)19(3)10-13-8-7-12(2)23-13/h5-9H,4,10-11H2,1-3H3. The quantitative estimate of drug-likeness (QED) is 0.566. The lowest BCUT2D eigenvalue weighted by molar-refractivity contribution is -0.127. The number of esters is 1. The Hall–Kier alpha value is -2.28. The number of furan rings is 1. The average molecular weight is 348 g/mol. The van der Waals surface area contributed by atoms with E-state index < -0.39 is 5.97 Å².